The van der Waals surface area contributed by atoms with Crippen LogP contribution in [0.1, 0.15) is 42.5 Å². The van der Waals surface area contributed by atoms with E-state index in [1.54, 1.807) is 0 Å². The third-order valence-corrected chi connectivity index (χ3v) is 6.35. The maximum absolute atomic E-state index is 15.5. The molecule has 1 saturated heterocycles. The van der Waals surface area contributed by atoms with Crippen LogP contribution in [0.4, 0.5) is 16.0 Å². The Bertz CT molecular complexity index is 1220. The molecule has 162 valence electrons. The summed E-state index contributed by atoms with van der Waals surface area (Å²) in [7, 11) is 0. The third kappa shape index (κ3) is 4.03. The van der Waals surface area contributed by atoms with E-state index < -0.39 is 0 Å². The Balaban J connectivity index is 1.38. The van der Waals surface area contributed by atoms with Crippen LogP contribution >= 0.6 is 0 Å². The molecule has 4 aromatic rings. The lowest BCUT2D eigenvalue weighted by atomic mass is 10.0. The van der Waals surface area contributed by atoms with Gasteiger partial charge in [0.2, 0.25) is 5.82 Å². The molecule has 1 fully saturated rings. The van der Waals surface area contributed by atoms with Crippen LogP contribution in [0.25, 0.3) is 10.8 Å². The molecule has 0 spiro atoms. The molecule has 2 heterocycles. The first-order valence-corrected chi connectivity index (χ1v) is 11.3. The van der Waals surface area contributed by atoms with E-state index in [0.717, 1.165) is 31.4 Å². The van der Waals surface area contributed by atoms with E-state index in [2.05, 4.69) is 87.8 Å². The number of nitrogens with zero attached hydrogens (tertiary/aromatic N) is 3. The number of nitrogens with one attached hydrogen (secondary N) is 1. The fourth-order valence-electron chi connectivity index (χ4n) is 4.54. The normalized spacial score (nSPS) is 15.9. The summed E-state index contributed by atoms with van der Waals surface area (Å²) in [6, 6.07) is 23.3. The zero-order valence-electron chi connectivity index (χ0n) is 18.3. The molecule has 1 aromatic heterocycles. The van der Waals surface area contributed by atoms with Crippen molar-refractivity contribution in [2.45, 2.75) is 38.8 Å². The van der Waals surface area contributed by atoms with Gasteiger partial charge in [0.25, 0.3) is 0 Å². The van der Waals surface area contributed by atoms with Gasteiger partial charge in [0.1, 0.15) is 6.33 Å². The molecule has 1 N–H and O–H groups in total. The molecular formula is C27H27FN4. The number of halogens is 1. The minimum atomic E-state index is -0.384. The minimum Gasteiger partial charge on any atom is -0.363 e. The van der Waals surface area contributed by atoms with E-state index in [-0.39, 0.29) is 17.7 Å². The summed E-state index contributed by atoms with van der Waals surface area (Å²) in [6.07, 6.45) is 4.45. The Morgan fingerprint density at radius 3 is 2.56 bits per heavy atom. The van der Waals surface area contributed by atoms with Gasteiger partial charge in [0.05, 0.1) is 6.04 Å². The van der Waals surface area contributed by atoms with Crippen molar-refractivity contribution in [3.05, 3.63) is 95.6 Å². The fraction of sp³-hybridized carbons (Fsp3) is 0.259. The van der Waals surface area contributed by atoms with Gasteiger partial charge in [-0.05, 0) is 52.8 Å². The molecular weight excluding hydrogens is 399 g/mol. The van der Waals surface area contributed by atoms with Crippen LogP contribution in [0.5, 0.6) is 0 Å². The average Bonchev–Trinajstić information content (AvgIpc) is 3.33. The summed E-state index contributed by atoms with van der Waals surface area (Å²) < 4.78 is 15.5. The van der Waals surface area contributed by atoms with Crippen LogP contribution in [-0.2, 0) is 13.0 Å². The molecule has 3 aromatic carbocycles. The molecule has 0 amide bonds. The fourth-order valence-corrected chi connectivity index (χ4v) is 4.54. The highest BCUT2D eigenvalue weighted by Crippen LogP contribution is 2.38. The van der Waals surface area contributed by atoms with E-state index in [4.69, 9.17) is 0 Å². The van der Waals surface area contributed by atoms with E-state index >= 15 is 4.39 Å². The predicted molar refractivity (Wildman–Crippen MR) is 128 cm³/mol. The first-order chi connectivity index (χ1) is 15.7. The van der Waals surface area contributed by atoms with Gasteiger partial charge in [-0.2, -0.15) is 4.39 Å². The van der Waals surface area contributed by atoms with Gasteiger partial charge in [-0.1, -0.05) is 67.6 Å². The van der Waals surface area contributed by atoms with Gasteiger partial charge in [-0.3, -0.25) is 0 Å². The lowest BCUT2D eigenvalue weighted by Gasteiger charge is -2.27. The van der Waals surface area contributed by atoms with Gasteiger partial charge in [-0.25, -0.2) is 9.97 Å². The molecule has 1 unspecified atom stereocenters. The first-order valence-electron chi connectivity index (χ1n) is 11.3. The highest BCUT2D eigenvalue weighted by atomic mass is 19.1. The molecule has 0 radical (unpaired) electrons. The van der Waals surface area contributed by atoms with Crippen molar-refractivity contribution in [1.29, 1.82) is 0 Å². The van der Waals surface area contributed by atoms with Crippen molar-refractivity contribution < 1.29 is 4.39 Å². The highest BCUT2D eigenvalue weighted by molar-refractivity contribution is 5.83. The summed E-state index contributed by atoms with van der Waals surface area (Å²) >= 11 is 0. The molecule has 0 aliphatic carbocycles. The van der Waals surface area contributed by atoms with E-state index in [1.807, 2.05) is 6.07 Å². The van der Waals surface area contributed by atoms with Gasteiger partial charge in [0, 0.05) is 13.1 Å². The zero-order valence-corrected chi connectivity index (χ0v) is 18.3. The summed E-state index contributed by atoms with van der Waals surface area (Å²) in [5.74, 6) is 0.239. The standard InChI is InChI=1S/C27H27FN4/c1-2-19-9-11-20(12-10-19)17-29-26-25(28)27(31-18-30-26)32-15-5-8-24(32)23-14-13-21-6-3-4-7-22(21)16-23/h3-4,6-7,9-14,16,18,24H,2,5,8,15,17H2,1H3,(H,29,30,31). The molecule has 5 heteroatoms. The maximum atomic E-state index is 15.5. The van der Waals surface area contributed by atoms with Crippen molar-refractivity contribution >= 4 is 22.4 Å². The number of anilines is 2. The van der Waals surface area contributed by atoms with Crippen molar-refractivity contribution in [1.82, 2.24) is 9.97 Å². The summed E-state index contributed by atoms with van der Waals surface area (Å²) in [5, 5.41) is 5.58. The Morgan fingerprint density at radius 1 is 0.969 bits per heavy atom. The van der Waals surface area contributed by atoms with Crippen molar-refractivity contribution in [3.8, 4) is 0 Å². The molecule has 1 aliphatic heterocycles. The molecule has 4 nitrogen and oxygen atoms in total. The lowest BCUT2D eigenvalue weighted by molar-refractivity contribution is 0.598. The Kier molecular flexibility index (Phi) is 5.71. The first kappa shape index (κ1) is 20.4. The second kappa shape index (κ2) is 8.95. The van der Waals surface area contributed by atoms with Crippen LogP contribution in [0.3, 0.4) is 0 Å². The SMILES string of the molecule is CCc1ccc(CNc2ncnc(N3CCCC3c3ccc4ccccc4c3)c2F)cc1. The van der Waals surface area contributed by atoms with Crippen molar-refractivity contribution in [2.75, 3.05) is 16.8 Å². The monoisotopic (exact) mass is 426 g/mol. The summed E-state index contributed by atoms with van der Waals surface area (Å²) in [5.41, 5.74) is 3.58. The molecule has 0 saturated carbocycles. The van der Waals surface area contributed by atoms with E-state index in [0.29, 0.717) is 12.4 Å². The van der Waals surface area contributed by atoms with Crippen LogP contribution in [0.2, 0.25) is 0 Å². The smallest absolute Gasteiger partial charge is 0.207 e. The number of benzene rings is 3. The highest BCUT2D eigenvalue weighted by Gasteiger charge is 2.30. The number of fused-ring (bicyclic) bond motifs is 1. The number of hydrogen-bond acceptors (Lipinski definition) is 4. The number of aryl methyl sites for hydroxylation is 1. The second-order valence-corrected chi connectivity index (χ2v) is 8.34. The second-order valence-electron chi connectivity index (χ2n) is 8.34. The van der Waals surface area contributed by atoms with Crippen LogP contribution in [-0.4, -0.2) is 16.5 Å². The minimum absolute atomic E-state index is 0.110. The Labute approximate surface area is 188 Å². The summed E-state index contributed by atoms with van der Waals surface area (Å²) in [6.45, 7) is 3.43. The van der Waals surface area contributed by atoms with Gasteiger partial charge >= 0.3 is 0 Å². The molecule has 0 bridgehead atoms. The largest absolute Gasteiger partial charge is 0.363 e. The topological polar surface area (TPSA) is 41.1 Å². The summed E-state index contributed by atoms with van der Waals surface area (Å²) in [4.78, 5) is 10.6. The van der Waals surface area contributed by atoms with Gasteiger partial charge < -0.3 is 10.2 Å². The molecule has 5 rings (SSSR count). The predicted octanol–water partition coefficient (Wildman–Crippen LogP) is 6.28. The number of rotatable bonds is 6. The van der Waals surface area contributed by atoms with Gasteiger partial charge in [-0.15, -0.1) is 0 Å². The molecule has 1 aliphatic rings. The molecule has 1 atom stereocenters. The maximum Gasteiger partial charge on any atom is 0.207 e. The van der Waals surface area contributed by atoms with Gasteiger partial charge in [0.15, 0.2) is 11.6 Å². The van der Waals surface area contributed by atoms with Crippen LogP contribution in [0.15, 0.2) is 73.1 Å². The van der Waals surface area contributed by atoms with Crippen molar-refractivity contribution in [3.63, 3.8) is 0 Å². The Hall–Kier alpha value is -3.47. The molecule has 32 heavy (non-hydrogen) atoms. The lowest BCUT2D eigenvalue weighted by Crippen LogP contribution is -2.25. The quantitative estimate of drug-likeness (QED) is 0.394. The van der Waals surface area contributed by atoms with Crippen LogP contribution in [0, 0.1) is 5.82 Å². The number of hydrogen-bond donors (Lipinski definition) is 1. The number of aromatic nitrogens is 2. The van der Waals surface area contributed by atoms with E-state index in [9.17, 15) is 0 Å². The average molecular weight is 427 g/mol. The van der Waals surface area contributed by atoms with Crippen molar-refractivity contribution in [2.24, 2.45) is 0 Å². The Morgan fingerprint density at radius 2 is 1.75 bits per heavy atom. The zero-order chi connectivity index (χ0) is 21.9. The van der Waals surface area contributed by atoms with Crippen LogP contribution < -0.4 is 10.2 Å². The van der Waals surface area contributed by atoms with E-state index in [1.165, 1.54) is 28.2 Å². The third-order valence-electron chi connectivity index (χ3n) is 6.35.